The van der Waals surface area contributed by atoms with Crippen molar-refractivity contribution < 1.29 is 14.3 Å². The van der Waals surface area contributed by atoms with E-state index in [1.54, 1.807) is 4.68 Å². The molecule has 1 atom stereocenters. The quantitative estimate of drug-likeness (QED) is 0.592. The summed E-state index contributed by atoms with van der Waals surface area (Å²) in [6, 6.07) is 0.131. The summed E-state index contributed by atoms with van der Waals surface area (Å²) in [5.41, 5.74) is 1.16. The van der Waals surface area contributed by atoms with Crippen molar-refractivity contribution in [2.24, 2.45) is 0 Å². The van der Waals surface area contributed by atoms with Crippen LogP contribution >= 0.6 is 0 Å². The highest BCUT2D eigenvalue weighted by Crippen LogP contribution is 2.25. The second kappa shape index (κ2) is 7.35. The average molecular weight is 282 g/mol. The molecule has 0 spiro atoms. The Labute approximate surface area is 118 Å². The average Bonchev–Trinajstić information content (AvgIpc) is 3.11. The van der Waals surface area contributed by atoms with Crippen molar-refractivity contribution in [3.63, 3.8) is 0 Å². The van der Waals surface area contributed by atoms with E-state index < -0.39 is 5.97 Å². The standard InChI is InChI=1S/C13H22N4O3/c1-3-20-9-5-8-17-12(10-6-4-7-14-10)11(15-16-17)13(18)19-2/h10,14H,3-9H2,1-2H3. The van der Waals surface area contributed by atoms with Crippen molar-refractivity contribution in [2.45, 2.75) is 38.8 Å². The van der Waals surface area contributed by atoms with Crippen molar-refractivity contribution in [1.82, 2.24) is 20.3 Å². The molecule has 1 aliphatic heterocycles. The van der Waals surface area contributed by atoms with E-state index in [-0.39, 0.29) is 6.04 Å². The number of carbonyl (C=O) groups excluding carboxylic acids is 1. The van der Waals surface area contributed by atoms with E-state index in [0.29, 0.717) is 25.5 Å². The molecular weight excluding hydrogens is 260 g/mol. The first kappa shape index (κ1) is 14.9. The number of nitrogens with one attached hydrogen (secondary N) is 1. The summed E-state index contributed by atoms with van der Waals surface area (Å²) in [6.45, 7) is 5.01. The monoisotopic (exact) mass is 282 g/mol. The van der Waals surface area contributed by atoms with Gasteiger partial charge in [0, 0.05) is 19.8 Å². The normalized spacial score (nSPS) is 18.4. The number of aryl methyl sites for hydroxylation is 1. The molecule has 112 valence electrons. The van der Waals surface area contributed by atoms with Gasteiger partial charge < -0.3 is 14.8 Å². The Hall–Kier alpha value is -1.47. The first-order chi connectivity index (χ1) is 9.77. The van der Waals surface area contributed by atoms with Crippen molar-refractivity contribution in [1.29, 1.82) is 0 Å². The van der Waals surface area contributed by atoms with Gasteiger partial charge in [-0.3, -0.25) is 0 Å². The van der Waals surface area contributed by atoms with E-state index in [4.69, 9.17) is 9.47 Å². The van der Waals surface area contributed by atoms with Gasteiger partial charge >= 0.3 is 5.97 Å². The molecule has 2 rings (SSSR count). The van der Waals surface area contributed by atoms with E-state index >= 15 is 0 Å². The third-order valence-corrected chi connectivity index (χ3v) is 3.41. The Balaban J connectivity index is 2.13. The Morgan fingerprint density at radius 2 is 2.40 bits per heavy atom. The highest BCUT2D eigenvalue weighted by atomic mass is 16.5. The zero-order valence-electron chi connectivity index (χ0n) is 12.1. The summed E-state index contributed by atoms with van der Waals surface area (Å²) < 4.78 is 11.9. The number of nitrogens with zero attached hydrogens (tertiary/aromatic N) is 3. The fourth-order valence-corrected chi connectivity index (χ4v) is 2.45. The van der Waals surface area contributed by atoms with Gasteiger partial charge in [-0.1, -0.05) is 5.21 Å². The highest BCUT2D eigenvalue weighted by Gasteiger charge is 2.28. The smallest absolute Gasteiger partial charge is 0.360 e. The number of hydrogen-bond acceptors (Lipinski definition) is 6. The Morgan fingerprint density at radius 3 is 3.05 bits per heavy atom. The summed E-state index contributed by atoms with van der Waals surface area (Å²) in [5.74, 6) is -0.426. The molecule has 0 aromatic carbocycles. The predicted octanol–water partition coefficient (Wildman–Crippen LogP) is 0.916. The molecule has 0 aliphatic carbocycles. The molecule has 1 unspecified atom stereocenters. The third-order valence-electron chi connectivity index (χ3n) is 3.41. The lowest BCUT2D eigenvalue weighted by atomic mass is 10.1. The van der Waals surface area contributed by atoms with Crippen molar-refractivity contribution in [2.75, 3.05) is 26.9 Å². The zero-order valence-corrected chi connectivity index (χ0v) is 12.1. The molecular formula is C13H22N4O3. The van der Waals surface area contributed by atoms with Crippen molar-refractivity contribution in [3.05, 3.63) is 11.4 Å². The number of hydrogen-bond donors (Lipinski definition) is 1. The predicted molar refractivity (Wildman–Crippen MR) is 72.4 cm³/mol. The number of aromatic nitrogens is 3. The van der Waals surface area contributed by atoms with Crippen LogP contribution in [0.5, 0.6) is 0 Å². The van der Waals surface area contributed by atoms with Crippen LogP contribution in [0, 0.1) is 0 Å². The topological polar surface area (TPSA) is 78.3 Å². The second-order valence-electron chi connectivity index (χ2n) is 4.74. The highest BCUT2D eigenvalue weighted by molar-refractivity contribution is 5.88. The molecule has 7 nitrogen and oxygen atoms in total. The van der Waals surface area contributed by atoms with E-state index in [1.165, 1.54) is 7.11 Å². The third kappa shape index (κ3) is 3.34. The molecule has 0 radical (unpaired) electrons. The lowest BCUT2D eigenvalue weighted by molar-refractivity contribution is 0.0591. The fraction of sp³-hybridized carbons (Fsp3) is 0.769. The minimum absolute atomic E-state index is 0.131. The minimum atomic E-state index is -0.426. The zero-order chi connectivity index (χ0) is 14.4. The number of rotatable bonds is 7. The van der Waals surface area contributed by atoms with Gasteiger partial charge in [0.2, 0.25) is 0 Å². The van der Waals surface area contributed by atoms with Crippen LogP contribution in [-0.4, -0.2) is 47.8 Å². The maximum Gasteiger partial charge on any atom is 0.360 e. The van der Waals surface area contributed by atoms with Gasteiger partial charge in [-0.25, -0.2) is 9.48 Å². The number of esters is 1. The van der Waals surface area contributed by atoms with Crippen LogP contribution < -0.4 is 5.32 Å². The SMILES string of the molecule is CCOCCCn1nnc(C(=O)OC)c1C1CCCN1. The number of carbonyl (C=O) groups is 1. The van der Waals surface area contributed by atoms with Crippen LogP contribution in [0.4, 0.5) is 0 Å². The van der Waals surface area contributed by atoms with Gasteiger partial charge in [0.15, 0.2) is 5.69 Å². The summed E-state index contributed by atoms with van der Waals surface area (Å²) >= 11 is 0. The molecule has 1 N–H and O–H groups in total. The van der Waals surface area contributed by atoms with Gasteiger partial charge in [0.1, 0.15) is 0 Å². The van der Waals surface area contributed by atoms with Gasteiger partial charge in [-0.2, -0.15) is 0 Å². The van der Waals surface area contributed by atoms with Crippen LogP contribution in [0.25, 0.3) is 0 Å². The van der Waals surface area contributed by atoms with E-state index in [0.717, 1.165) is 31.5 Å². The molecule has 7 heteroatoms. The molecule has 1 aromatic heterocycles. The fourth-order valence-electron chi connectivity index (χ4n) is 2.45. The van der Waals surface area contributed by atoms with Gasteiger partial charge in [0.05, 0.1) is 18.8 Å². The minimum Gasteiger partial charge on any atom is -0.464 e. The lowest BCUT2D eigenvalue weighted by Crippen LogP contribution is -2.21. The number of ether oxygens (including phenoxy) is 2. The molecule has 0 amide bonds. The van der Waals surface area contributed by atoms with E-state index in [9.17, 15) is 4.79 Å². The molecule has 2 heterocycles. The molecule has 0 bridgehead atoms. The molecule has 1 fully saturated rings. The molecule has 1 aromatic rings. The van der Waals surface area contributed by atoms with Crippen LogP contribution in [0.1, 0.15) is 48.4 Å². The van der Waals surface area contributed by atoms with Gasteiger partial charge in [0.25, 0.3) is 0 Å². The van der Waals surface area contributed by atoms with Crippen LogP contribution in [0.15, 0.2) is 0 Å². The number of methoxy groups -OCH3 is 1. The van der Waals surface area contributed by atoms with Crippen LogP contribution in [-0.2, 0) is 16.0 Å². The van der Waals surface area contributed by atoms with E-state index in [2.05, 4.69) is 15.6 Å². The summed E-state index contributed by atoms with van der Waals surface area (Å²) in [6.07, 6.45) is 2.93. The molecule has 0 saturated carbocycles. The second-order valence-corrected chi connectivity index (χ2v) is 4.74. The molecule has 1 saturated heterocycles. The largest absolute Gasteiger partial charge is 0.464 e. The first-order valence-electron chi connectivity index (χ1n) is 7.10. The first-order valence-corrected chi connectivity index (χ1v) is 7.10. The van der Waals surface area contributed by atoms with Gasteiger partial charge in [-0.15, -0.1) is 5.10 Å². The van der Waals surface area contributed by atoms with Crippen molar-refractivity contribution in [3.8, 4) is 0 Å². The Morgan fingerprint density at radius 1 is 1.55 bits per heavy atom. The molecule has 20 heavy (non-hydrogen) atoms. The lowest BCUT2D eigenvalue weighted by Gasteiger charge is -2.13. The maximum absolute atomic E-state index is 11.8. The van der Waals surface area contributed by atoms with Crippen molar-refractivity contribution >= 4 is 5.97 Å². The van der Waals surface area contributed by atoms with Crippen LogP contribution in [0.2, 0.25) is 0 Å². The summed E-state index contributed by atoms with van der Waals surface area (Å²) in [5, 5.41) is 11.5. The van der Waals surface area contributed by atoms with Crippen LogP contribution in [0.3, 0.4) is 0 Å². The van der Waals surface area contributed by atoms with Gasteiger partial charge in [-0.05, 0) is 32.7 Å². The summed E-state index contributed by atoms with van der Waals surface area (Å²) in [4.78, 5) is 11.8. The van der Waals surface area contributed by atoms with E-state index in [1.807, 2.05) is 6.92 Å². The summed E-state index contributed by atoms with van der Waals surface area (Å²) in [7, 11) is 1.36. The Kier molecular flexibility index (Phi) is 5.49. The maximum atomic E-state index is 11.8. The Bertz CT molecular complexity index is 441. The molecule has 1 aliphatic rings.